The van der Waals surface area contributed by atoms with Crippen molar-refractivity contribution >= 4 is 17.3 Å². The van der Waals surface area contributed by atoms with Crippen LogP contribution in [0.3, 0.4) is 0 Å². The fraction of sp³-hybridized carbons (Fsp3) is 0.474. The number of methoxy groups -OCH3 is 1. The van der Waals surface area contributed by atoms with Crippen molar-refractivity contribution in [3.05, 3.63) is 45.9 Å². The van der Waals surface area contributed by atoms with Crippen molar-refractivity contribution in [3.8, 4) is 5.75 Å². The van der Waals surface area contributed by atoms with Crippen molar-refractivity contribution in [2.75, 3.05) is 20.2 Å². The summed E-state index contributed by atoms with van der Waals surface area (Å²) in [6.45, 7) is 1.16. The predicted molar refractivity (Wildman–Crippen MR) is 98.7 cm³/mol. The van der Waals surface area contributed by atoms with E-state index in [1.807, 2.05) is 6.92 Å². The highest BCUT2D eigenvalue weighted by Gasteiger charge is 2.39. The fourth-order valence-electron chi connectivity index (χ4n) is 3.30. The number of aromatic nitrogens is 1. The van der Waals surface area contributed by atoms with E-state index in [0.29, 0.717) is 29.2 Å². The fourth-order valence-corrected chi connectivity index (χ4v) is 4.22. The molecule has 1 fully saturated rings. The van der Waals surface area contributed by atoms with E-state index >= 15 is 0 Å². The lowest BCUT2D eigenvalue weighted by molar-refractivity contribution is -0.156. The normalized spacial score (nSPS) is 20.8. The Morgan fingerprint density at radius 3 is 2.82 bits per heavy atom. The molecule has 1 saturated heterocycles. The zero-order valence-electron chi connectivity index (χ0n) is 15.5. The molecule has 1 aliphatic rings. The van der Waals surface area contributed by atoms with Crippen LogP contribution >= 0.6 is 11.3 Å². The Balaban J connectivity index is 1.75. The molecule has 1 aromatic heterocycles. The van der Waals surface area contributed by atoms with E-state index < -0.39 is 24.7 Å². The van der Waals surface area contributed by atoms with Gasteiger partial charge in [-0.3, -0.25) is 4.90 Å². The number of aryl methyl sites for hydroxylation is 1. The van der Waals surface area contributed by atoms with Gasteiger partial charge in [-0.25, -0.2) is 9.78 Å². The first-order valence-corrected chi connectivity index (χ1v) is 9.65. The van der Waals surface area contributed by atoms with Crippen molar-refractivity contribution in [1.29, 1.82) is 0 Å². The first-order valence-electron chi connectivity index (χ1n) is 8.83. The SMILES string of the molecule is COC(=O)c1cccc(OC2CCN(CC(F)(F)F)C(c3ncc(C)s3)C2)c1. The van der Waals surface area contributed by atoms with Crippen LogP contribution in [0.25, 0.3) is 0 Å². The number of thiazole rings is 1. The van der Waals surface area contributed by atoms with Gasteiger partial charge in [-0.1, -0.05) is 6.07 Å². The average Bonchev–Trinajstić information content (AvgIpc) is 3.07. The quantitative estimate of drug-likeness (QED) is 0.680. The lowest BCUT2D eigenvalue weighted by atomic mass is 9.99. The highest BCUT2D eigenvalue weighted by Crippen LogP contribution is 2.36. The second kappa shape index (κ2) is 8.48. The number of piperidine rings is 1. The number of rotatable bonds is 5. The van der Waals surface area contributed by atoms with Crippen LogP contribution in [-0.4, -0.2) is 48.3 Å². The molecule has 0 N–H and O–H groups in total. The number of alkyl halides is 3. The van der Waals surface area contributed by atoms with Gasteiger partial charge in [0.15, 0.2) is 0 Å². The lowest BCUT2D eigenvalue weighted by Gasteiger charge is -2.38. The number of carbonyl (C=O) groups is 1. The van der Waals surface area contributed by atoms with Crippen molar-refractivity contribution in [2.24, 2.45) is 0 Å². The van der Waals surface area contributed by atoms with Gasteiger partial charge in [0.2, 0.25) is 0 Å². The lowest BCUT2D eigenvalue weighted by Crippen LogP contribution is -2.44. The third-order valence-electron chi connectivity index (χ3n) is 4.53. The number of halogens is 3. The summed E-state index contributed by atoms with van der Waals surface area (Å²) in [6, 6.07) is 6.14. The Morgan fingerprint density at radius 1 is 1.39 bits per heavy atom. The summed E-state index contributed by atoms with van der Waals surface area (Å²) in [5.41, 5.74) is 0.363. The summed E-state index contributed by atoms with van der Waals surface area (Å²) in [7, 11) is 1.30. The van der Waals surface area contributed by atoms with Crippen molar-refractivity contribution in [2.45, 2.75) is 38.1 Å². The van der Waals surface area contributed by atoms with Crippen LogP contribution in [-0.2, 0) is 4.74 Å². The van der Waals surface area contributed by atoms with Crippen LogP contribution in [0.1, 0.15) is 39.1 Å². The highest BCUT2D eigenvalue weighted by atomic mass is 32.1. The molecule has 0 saturated carbocycles. The molecule has 28 heavy (non-hydrogen) atoms. The summed E-state index contributed by atoms with van der Waals surface area (Å²) >= 11 is 1.40. The van der Waals surface area contributed by atoms with E-state index in [1.54, 1.807) is 30.5 Å². The number of hydrogen-bond acceptors (Lipinski definition) is 6. The van der Waals surface area contributed by atoms with E-state index in [2.05, 4.69) is 4.98 Å². The van der Waals surface area contributed by atoms with Crippen molar-refractivity contribution in [1.82, 2.24) is 9.88 Å². The molecule has 9 heteroatoms. The topological polar surface area (TPSA) is 51.7 Å². The summed E-state index contributed by atoms with van der Waals surface area (Å²) in [6.07, 6.45) is -2.01. The van der Waals surface area contributed by atoms with E-state index in [-0.39, 0.29) is 12.6 Å². The number of ether oxygens (including phenoxy) is 2. The molecule has 1 aliphatic heterocycles. The average molecular weight is 414 g/mol. The standard InChI is InChI=1S/C19H21F3N2O3S/c1-12-10-23-17(28-12)16-9-15(6-7-24(16)11-19(20,21)22)27-14-5-3-4-13(8-14)18(25)26-2/h3-5,8,10,15-16H,6-7,9,11H2,1-2H3. The van der Waals surface area contributed by atoms with Gasteiger partial charge < -0.3 is 9.47 Å². The summed E-state index contributed by atoms with van der Waals surface area (Å²) in [4.78, 5) is 18.4. The molecule has 0 radical (unpaired) electrons. The summed E-state index contributed by atoms with van der Waals surface area (Å²) in [5, 5.41) is 0.665. The van der Waals surface area contributed by atoms with Gasteiger partial charge in [-0.2, -0.15) is 13.2 Å². The maximum Gasteiger partial charge on any atom is 0.401 e. The van der Waals surface area contributed by atoms with Crippen LogP contribution in [0.4, 0.5) is 13.2 Å². The molecule has 2 unspecified atom stereocenters. The molecule has 0 amide bonds. The Morgan fingerprint density at radius 2 is 2.18 bits per heavy atom. The maximum atomic E-state index is 13.0. The predicted octanol–water partition coefficient (Wildman–Crippen LogP) is 4.38. The molecule has 2 heterocycles. The molecular formula is C19H21F3N2O3S. The zero-order chi connectivity index (χ0) is 20.3. The molecule has 3 rings (SSSR count). The molecule has 152 valence electrons. The molecular weight excluding hydrogens is 393 g/mol. The first-order chi connectivity index (χ1) is 13.2. The second-order valence-corrected chi connectivity index (χ2v) is 7.96. The number of carbonyl (C=O) groups excluding carboxylic acids is 1. The third kappa shape index (κ3) is 5.23. The minimum atomic E-state index is -4.27. The number of benzene rings is 1. The minimum absolute atomic E-state index is 0.254. The van der Waals surface area contributed by atoms with Gasteiger partial charge in [0.05, 0.1) is 25.3 Å². The summed E-state index contributed by atoms with van der Waals surface area (Å²) in [5.74, 6) is 0.0211. The minimum Gasteiger partial charge on any atom is -0.490 e. The van der Waals surface area contributed by atoms with Crippen molar-refractivity contribution < 1.29 is 27.4 Å². The van der Waals surface area contributed by atoms with Crippen LogP contribution in [0.15, 0.2) is 30.5 Å². The number of nitrogens with zero attached hydrogens (tertiary/aromatic N) is 2. The Hall–Kier alpha value is -2.13. The number of hydrogen-bond donors (Lipinski definition) is 0. The molecule has 0 aliphatic carbocycles. The van der Waals surface area contributed by atoms with Gasteiger partial charge in [0.1, 0.15) is 16.9 Å². The molecule has 2 atom stereocenters. The van der Waals surface area contributed by atoms with E-state index in [1.165, 1.54) is 23.3 Å². The monoisotopic (exact) mass is 414 g/mol. The van der Waals surface area contributed by atoms with Crippen LogP contribution in [0, 0.1) is 6.92 Å². The Kier molecular flexibility index (Phi) is 6.24. The molecule has 0 bridgehead atoms. The Labute approximate surface area is 165 Å². The van der Waals surface area contributed by atoms with Crippen molar-refractivity contribution in [3.63, 3.8) is 0 Å². The largest absolute Gasteiger partial charge is 0.490 e. The van der Waals surface area contributed by atoms with E-state index in [0.717, 1.165) is 4.88 Å². The Bertz CT molecular complexity index is 825. The zero-order valence-corrected chi connectivity index (χ0v) is 16.3. The van der Waals surface area contributed by atoms with E-state index in [4.69, 9.17) is 9.47 Å². The maximum absolute atomic E-state index is 13.0. The third-order valence-corrected chi connectivity index (χ3v) is 5.54. The smallest absolute Gasteiger partial charge is 0.401 e. The van der Waals surface area contributed by atoms with Gasteiger partial charge in [-0.05, 0) is 31.5 Å². The molecule has 0 spiro atoms. The number of likely N-dealkylation sites (tertiary alicyclic amines) is 1. The van der Waals surface area contributed by atoms with Crippen LogP contribution in [0.5, 0.6) is 5.75 Å². The molecule has 5 nitrogen and oxygen atoms in total. The molecule has 1 aromatic carbocycles. The number of esters is 1. The molecule has 2 aromatic rings. The van der Waals surface area contributed by atoms with Crippen LogP contribution < -0.4 is 4.74 Å². The highest BCUT2D eigenvalue weighted by molar-refractivity contribution is 7.11. The van der Waals surface area contributed by atoms with Gasteiger partial charge in [0, 0.05) is 24.0 Å². The van der Waals surface area contributed by atoms with Gasteiger partial charge in [0.25, 0.3) is 0 Å². The summed E-state index contributed by atoms with van der Waals surface area (Å²) < 4.78 is 49.7. The second-order valence-electron chi connectivity index (χ2n) is 6.69. The van der Waals surface area contributed by atoms with Crippen LogP contribution in [0.2, 0.25) is 0 Å². The van der Waals surface area contributed by atoms with Gasteiger partial charge in [-0.15, -0.1) is 11.3 Å². The van der Waals surface area contributed by atoms with Gasteiger partial charge >= 0.3 is 12.1 Å². The van der Waals surface area contributed by atoms with E-state index in [9.17, 15) is 18.0 Å². The first kappa shape index (κ1) is 20.6.